The second-order valence-corrected chi connectivity index (χ2v) is 10.00. The maximum Gasteiger partial charge on any atom is 0.343 e. The first-order valence-electron chi connectivity index (χ1n) is 9.96. The molecule has 1 saturated heterocycles. The molecular weight excluding hydrogens is 470 g/mol. The van der Waals surface area contributed by atoms with Gasteiger partial charge < -0.3 is 18.5 Å². The van der Waals surface area contributed by atoms with Gasteiger partial charge in [-0.2, -0.15) is 4.31 Å². The van der Waals surface area contributed by atoms with Crippen molar-refractivity contribution in [2.24, 2.45) is 7.05 Å². The van der Waals surface area contributed by atoms with Crippen LogP contribution in [0.2, 0.25) is 0 Å². The van der Waals surface area contributed by atoms with Crippen LogP contribution < -0.4 is 10.2 Å². The molecule has 2 aromatic heterocycles. The normalized spacial score (nSPS) is 14.8. The predicted octanol–water partition coefficient (Wildman–Crippen LogP) is 1.91. The lowest BCUT2D eigenvalue weighted by molar-refractivity contribution is 0.0728. The molecule has 33 heavy (non-hydrogen) atoms. The van der Waals surface area contributed by atoms with Crippen LogP contribution in [0.4, 0.5) is 0 Å². The van der Waals surface area contributed by atoms with E-state index in [1.165, 1.54) is 46.4 Å². The van der Waals surface area contributed by atoms with Crippen LogP contribution in [0.5, 0.6) is 5.75 Å². The zero-order valence-electron chi connectivity index (χ0n) is 17.7. The van der Waals surface area contributed by atoms with E-state index in [9.17, 15) is 18.0 Å². The molecule has 0 atom stereocenters. The number of rotatable bonds is 7. The number of esters is 1. The molecule has 0 aliphatic carbocycles. The topological polar surface area (TPSA) is 121 Å². The number of imidazole rings is 1. The number of ether oxygens (including phenoxy) is 2. The summed E-state index contributed by atoms with van der Waals surface area (Å²) in [4.78, 5) is 29.0. The number of hydrogen-bond donors (Lipinski definition) is 0. The average molecular weight is 492 g/mol. The van der Waals surface area contributed by atoms with Crippen LogP contribution in [-0.4, -0.2) is 54.5 Å². The molecule has 4 rings (SSSR count). The third-order valence-corrected chi connectivity index (χ3v) is 7.87. The van der Waals surface area contributed by atoms with Gasteiger partial charge in [0.1, 0.15) is 12.0 Å². The molecule has 12 heteroatoms. The Balaban J connectivity index is 1.40. The summed E-state index contributed by atoms with van der Waals surface area (Å²) in [6.45, 7) is 1.23. The summed E-state index contributed by atoms with van der Waals surface area (Å²) in [5.41, 5.74) is -0.402. The molecule has 1 aliphatic rings. The summed E-state index contributed by atoms with van der Waals surface area (Å²) >= 11 is 1.40. The van der Waals surface area contributed by atoms with E-state index < -0.39 is 21.4 Å². The molecule has 0 amide bonds. The average Bonchev–Trinajstić information content (AvgIpc) is 3.24. The predicted molar refractivity (Wildman–Crippen MR) is 119 cm³/mol. The highest BCUT2D eigenvalue weighted by Crippen LogP contribution is 2.21. The molecule has 3 aromatic rings. The van der Waals surface area contributed by atoms with Crippen LogP contribution in [0.25, 0.3) is 0 Å². The van der Waals surface area contributed by atoms with Crippen LogP contribution >= 0.6 is 11.8 Å². The maximum atomic E-state index is 12.7. The van der Waals surface area contributed by atoms with Crippen molar-refractivity contribution in [1.82, 2.24) is 13.9 Å². The van der Waals surface area contributed by atoms with E-state index in [-0.39, 0.29) is 29.3 Å². The summed E-state index contributed by atoms with van der Waals surface area (Å²) in [6, 6.07) is 6.62. The van der Waals surface area contributed by atoms with Crippen LogP contribution in [-0.2, 0) is 27.6 Å². The van der Waals surface area contributed by atoms with E-state index in [4.69, 9.17) is 13.9 Å². The van der Waals surface area contributed by atoms with Gasteiger partial charge in [0.05, 0.1) is 29.4 Å². The van der Waals surface area contributed by atoms with E-state index in [1.54, 1.807) is 6.20 Å². The molecule has 0 unspecified atom stereocenters. The highest BCUT2D eigenvalue weighted by atomic mass is 32.2. The Kier molecular flexibility index (Phi) is 6.98. The number of carbonyl (C=O) groups excluding carboxylic acids is 1. The summed E-state index contributed by atoms with van der Waals surface area (Å²) in [5, 5.41) is 0.771. The zero-order chi connectivity index (χ0) is 23.4. The number of hydrogen-bond acceptors (Lipinski definition) is 9. The minimum Gasteiger partial charge on any atom is -0.464 e. The largest absolute Gasteiger partial charge is 0.464 e. The molecule has 0 radical (unpaired) electrons. The first-order chi connectivity index (χ1) is 15.8. The van der Waals surface area contributed by atoms with E-state index in [0.29, 0.717) is 24.7 Å². The van der Waals surface area contributed by atoms with E-state index in [0.717, 1.165) is 11.4 Å². The molecule has 1 aliphatic heterocycles. The molecular formula is C21H21N3O7S2. The van der Waals surface area contributed by atoms with Crippen molar-refractivity contribution in [3.63, 3.8) is 0 Å². The van der Waals surface area contributed by atoms with Crippen molar-refractivity contribution in [3.8, 4) is 5.75 Å². The van der Waals surface area contributed by atoms with Crippen molar-refractivity contribution in [2.75, 3.05) is 26.3 Å². The molecule has 174 valence electrons. The lowest BCUT2D eigenvalue weighted by Crippen LogP contribution is -2.40. The lowest BCUT2D eigenvalue weighted by Gasteiger charge is -2.26. The fourth-order valence-electron chi connectivity index (χ4n) is 3.07. The van der Waals surface area contributed by atoms with Gasteiger partial charge in [0, 0.05) is 38.6 Å². The van der Waals surface area contributed by atoms with E-state index in [1.807, 2.05) is 17.8 Å². The molecule has 10 nitrogen and oxygen atoms in total. The van der Waals surface area contributed by atoms with Gasteiger partial charge >= 0.3 is 5.97 Å². The number of thioether (sulfide) groups is 1. The number of carbonyl (C=O) groups is 1. The standard InChI is InChI=1S/C21H21N3O7S2/c1-23-7-6-22-21(23)32-14-16-12-18(25)19(13-30-16)31-20(26)15-2-4-17(5-3-15)33(27,28)24-8-10-29-11-9-24/h2-7,12-13H,8-11,14H2,1H3. The van der Waals surface area contributed by atoms with Gasteiger partial charge in [-0.3, -0.25) is 4.79 Å². The summed E-state index contributed by atoms with van der Waals surface area (Å²) in [5.74, 6) is -0.262. The van der Waals surface area contributed by atoms with Crippen LogP contribution in [0, 0.1) is 0 Å². The van der Waals surface area contributed by atoms with Crippen molar-refractivity contribution in [3.05, 3.63) is 70.5 Å². The van der Waals surface area contributed by atoms with Gasteiger partial charge in [-0.25, -0.2) is 18.2 Å². The molecule has 0 bridgehead atoms. The van der Waals surface area contributed by atoms with Crippen molar-refractivity contribution >= 4 is 27.8 Å². The zero-order valence-corrected chi connectivity index (χ0v) is 19.3. The minimum atomic E-state index is -3.67. The van der Waals surface area contributed by atoms with Crippen molar-refractivity contribution in [2.45, 2.75) is 15.8 Å². The summed E-state index contributed by atoms with van der Waals surface area (Å²) in [6.07, 6.45) is 4.57. The Labute approximate surface area is 194 Å². The van der Waals surface area contributed by atoms with Gasteiger partial charge in [-0.15, -0.1) is 0 Å². The SMILES string of the molecule is Cn1ccnc1SCc1cc(=O)c(OC(=O)c2ccc(S(=O)(=O)N3CCOCC3)cc2)co1. The highest BCUT2D eigenvalue weighted by molar-refractivity contribution is 7.98. The fourth-order valence-corrected chi connectivity index (χ4v) is 5.30. The maximum absolute atomic E-state index is 12.7. The van der Waals surface area contributed by atoms with Crippen LogP contribution in [0.1, 0.15) is 16.1 Å². The number of sulfonamides is 1. The first kappa shape index (κ1) is 23.2. The third kappa shape index (κ3) is 5.36. The second kappa shape index (κ2) is 9.91. The second-order valence-electron chi connectivity index (χ2n) is 7.11. The van der Waals surface area contributed by atoms with Crippen LogP contribution in [0.3, 0.4) is 0 Å². The van der Waals surface area contributed by atoms with E-state index in [2.05, 4.69) is 4.98 Å². The number of nitrogens with zero attached hydrogens (tertiary/aromatic N) is 3. The van der Waals surface area contributed by atoms with Gasteiger partial charge in [0.25, 0.3) is 0 Å². The number of aryl methyl sites for hydroxylation is 1. The Morgan fingerprint density at radius 2 is 1.94 bits per heavy atom. The van der Waals surface area contributed by atoms with Gasteiger partial charge in [-0.1, -0.05) is 11.8 Å². The molecule has 0 saturated carbocycles. The Morgan fingerprint density at radius 3 is 2.58 bits per heavy atom. The van der Waals surface area contributed by atoms with Crippen LogP contribution in [0.15, 0.2) is 68.3 Å². The molecule has 0 N–H and O–H groups in total. The third-order valence-electron chi connectivity index (χ3n) is 4.87. The molecule has 0 spiro atoms. The minimum absolute atomic E-state index is 0.0648. The summed E-state index contributed by atoms with van der Waals surface area (Å²) in [7, 11) is -1.81. The summed E-state index contributed by atoms with van der Waals surface area (Å²) < 4.78 is 44.3. The molecule has 3 heterocycles. The fraction of sp³-hybridized carbons (Fsp3) is 0.286. The van der Waals surface area contributed by atoms with E-state index >= 15 is 0 Å². The molecule has 1 aromatic carbocycles. The van der Waals surface area contributed by atoms with Gasteiger partial charge in [0.15, 0.2) is 5.16 Å². The molecule has 1 fully saturated rings. The quantitative estimate of drug-likeness (QED) is 0.360. The Hall–Kier alpha value is -2.93. The number of morpholine rings is 1. The lowest BCUT2D eigenvalue weighted by atomic mass is 10.2. The monoisotopic (exact) mass is 491 g/mol. The Morgan fingerprint density at radius 1 is 1.21 bits per heavy atom. The number of aromatic nitrogens is 2. The Bertz CT molecular complexity index is 1290. The van der Waals surface area contributed by atoms with Gasteiger partial charge in [0.2, 0.25) is 21.2 Å². The van der Waals surface area contributed by atoms with Crippen molar-refractivity contribution in [1.29, 1.82) is 0 Å². The van der Waals surface area contributed by atoms with Gasteiger partial charge in [-0.05, 0) is 24.3 Å². The highest BCUT2D eigenvalue weighted by Gasteiger charge is 2.26. The van der Waals surface area contributed by atoms with Crippen molar-refractivity contribution < 1.29 is 27.1 Å². The smallest absolute Gasteiger partial charge is 0.343 e. The number of benzene rings is 1. The first-order valence-corrected chi connectivity index (χ1v) is 12.4.